The fourth-order valence-corrected chi connectivity index (χ4v) is 1.96. The molecule has 0 aliphatic rings. The molecule has 0 aliphatic carbocycles. The van der Waals surface area contributed by atoms with Gasteiger partial charge in [-0.2, -0.15) is 5.10 Å². The van der Waals surface area contributed by atoms with E-state index in [0.29, 0.717) is 4.88 Å². The Bertz CT molecular complexity index is 585. The highest BCUT2D eigenvalue weighted by Crippen LogP contribution is 2.17. The van der Waals surface area contributed by atoms with Crippen LogP contribution in [0.25, 0.3) is 10.6 Å². The van der Waals surface area contributed by atoms with Crippen molar-refractivity contribution >= 4 is 11.3 Å². The van der Waals surface area contributed by atoms with Crippen LogP contribution in [0.15, 0.2) is 27.1 Å². The number of nitrogens with zero attached hydrogens (tertiary/aromatic N) is 2. The topological polar surface area (TPSA) is 88.0 Å². The van der Waals surface area contributed by atoms with Gasteiger partial charge in [-0.25, -0.2) is 9.48 Å². The summed E-state index contributed by atoms with van der Waals surface area (Å²) in [5.41, 5.74) is -0.927. The van der Waals surface area contributed by atoms with Crippen LogP contribution < -0.4 is 11.2 Å². The number of aliphatic hydroxyl groups excluding tert-OH is 1. The summed E-state index contributed by atoms with van der Waals surface area (Å²) in [7, 11) is 0. The zero-order chi connectivity index (χ0) is 11.5. The first kappa shape index (κ1) is 10.8. The van der Waals surface area contributed by atoms with Crippen LogP contribution in [0.2, 0.25) is 0 Å². The number of aromatic amines is 1. The van der Waals surface area contributed by atoms with Crippen molar-refractivity contribution in [2.45, 2.75) is 6.54 Å². The molecule has 2 aromatic rings. The molecule has 0 spiro atoms. The van der Waals surface area contributed by atoms with E-state index in [9.17, 15) is 9.59 Å². The SMILES string of the molecule is O=c1[nH]c(=O)n(CCO)nc1-c1cccs1. The van der Waals surface area contributed by atoms with E-state index in [2.05, 4.69) is 10.1 Å². The third-order valence-corrected chi connectivity index (χ3v) is 2.83. The van der Waals surface area contributed by atoms with Gasteiger partial charge in [-0.05, 0) is 11.4 Å². The van der Waals surface area contributed by atoms with Crippen LogP contribution in [-0.2, 0) is 6.54 Å². The fourth-order valence-electron chi connectivity index (χ4n) is 1.25. The van der Waals surface area contributed by atoms with Crippen LogP contribution in [-0.4, -0.2) is 26.5 Å². The molecule has 2 N–H and O–H groups in total. The molecule has 0 saturated heterocycles. The van der Waals surface area contributed by atoms with Gasteiger partial charge >= 0.3 is 5.69 Å². The summed E-state index contributed by atoms with van der Waals surface area (Å²) in [5, 5.41) is 14.5. The summed E-state index contributed by atoms with van der Waals surface area (Å²) in [5.74, 6) is 0. The lowest BCUT2D eigenvalue weighted by Crippen LogP contribution is -2.34. The summed E-state index contributed by atoms with van der Waals surface area (Å²) in [6.07, 6.45) is 0. The minimum absolute atomic E-state index is 0.0635. The molecular formula is C9H9N3O3S. The molecule has 2 heterocycles. The van der Waals surface area contributed by atoms with Gasteiger partial charge in [0.2, 0.25) is 0 Å². The average Bonchev–Trinajstić information content (AvgIpc) is 2.75. The standard InChI is InChI=1S/C9H9N3O3S/c13-4-3-12-9(15)10-8(14)7(11-12)6-2-1-5-16-6/h1-2,5,13H,3-4H2,(H,10,14,15). The van der Waals surface area contributed by atoms with Gasteiger partial charge in [0.15, 0.2) is 5.69 Å². The van der Waals surface area contributed by atoms with Crippen molar-refractivity contribution in [1.29, 1.82) is 0 Å². The summed E-state index contributed by atoms with van der Waals surface area (Å²) in [6.45, 7) is -0.142. The van der Waals surface area contributed by atoms with Crippen molar-refractivity contribution in [3.63, 3.8) is 0 Å². The van der Waals surface area contributed by atoms with Gasteiger partial charge in [0.1, 0.15) is 0 Å². The molecule has 0 fully saturated rings. The zero-order valence-corrected chi connectivity index (χ0v) is 9.03. The number of H-pyrrole nitrogens is 1. The quantitative estimate of drug-likeness (QED) is 0.766. The lowest BCUT2D eigenvalue weighted by atomic mass is 10.4. The minimum atomic E-state index is -0.612. The number of hydrogen-bond donors (Lipinski definition) is 2. The second-order valence-corrected chi connectivity index (χ2v) is 3.98. The number of thiophene rings is 1. The predicted octanol–water partition coefficient (Wildman–Crippen LogP) is -0.348. The molecule has 0 atom stereocenters. The van der Waals surface area contributed by atoms with Gasteiger partial charge in [-0.1, -0.05) is 6.07 Å². The van der Waals surface area contributed by atoms with E-state index in [1.165, 1.54) is 11.3 Å². The molecule has 0 aromatic carbocycles. The largest absolute Gasteiger partial charge is 0.394 e. The second-order valence-electron chi connectivity index (χ2n) is 3.03. The summed E-state index contributed by atoms with van der Waals surface area (Å²) < 4.78 is 1.04. The molecule has 0 bridgehead atoms. The zero-order valence-electron chi connectivity index (χ0n) is 8.21. The maximum Gasteiger partial charge on any atom is 0.344 e. The average molecular weight is 239 g/mol. The Morgan fingerprint density at radius 2 is 2.31 bits per heavy atom. The van der Waals surface area contributed by atoms with Crippen LogP contribution in [0, 0.1) is 0 Å². The monoisotopic (exact) mass is 239 g/mol. The molecule has 0 aliphatic heterocycles. The maximum absolute atomic E-state index is 11.5. The predicted molar refractivity (Wildman–Crippen MR) is 59.5 cm³/mol. The van der Waals surface area contributed by atoms with Gasteiger partial charge < -0.3 is 5.11 Å². The van der Waals surface area contributed by atoms with Crippen LogP contribution in [0.3, 0.4) is 0 Å². The lowest BCUT2D eigenvalue weighted by molar-refractivity contribution is 0.265. The summed E-state index contributed by atoms with van der Waals surface area (Å²) in [4.78, 5) is 25.6. The molecule has 2 rings (SSSR count). The van der Waals surface area contributed by atoms with Gasteiger partial charge in [0.25, 0.3) is 5.56 Å². The van der Waals surface area contributed by atoms with E-state index in [1.54, 1.807) is 12.1 Å². The first-order chi connectivity index (χ1) is 7.72. The third kappa shape index (κ3) is 1.95. The van der Waals surface area contributed by atoms with Gasteiger partial charge in [-0.3, -0.25) is 9.78 Å². The molecular weight excluding hydrogens is 230 g/mol. The normalized spacial score (nSPS) is 10.6. The number of aliphatic hydroxyl groups is 1. The maximum atomic E-state index is 11.5. The Labute approximate surface area is 93.8 Å². The molecule has 84 valence electrons. The highest BCUT2D eigenvalue weighted by molar-refractivity contribution is 7.13. The van der Waals surface area contributed by atoms with Crippen LogP contribution in [0.1, 0.15) is 0 Å². The molecule has 0 amide bonds. The molecule has 0 radical (unpaired) electrons. The fraction of sp³-hybridized carbons (Fsp3) is 0.222. The van der Waals surface area contributed by atoms with Crippen molar-refractivity contribution in [3.8, 4) is 10.6 Å². The van der Waals surface area contributed by atoms with Crippen molar-refractivity contribution in [1.82, 2.24) is 14.8 Å². The highest BCUT2D eigenvalue weighted by Gasteiger charge is 2.09. The van der Waals surface area contributed by atoms with Crippen LogP contribution in [0.4, 0.5) is 0 Å². The number of hydrogen-bond acceptors (Lipinski definition) is 5. The number of rotatable bonds is 3. The van der Waals surface area contributed by atoms with Crippen LogP contribution in [0.5, 0.6) is 0 Å². The minimum Gasteiger partial charge on any atom is -0.394 e. The Morgan fingerprint density at radius 3 is 2.94 bits per heavy atom. The second kappa shape index (κ2) is 4.42. The first-order valence-electron chi connectivity index (χ1n) is 4.58. The molecule has 0 unspecified atom stereocenters. The van der Waals surface area contributed by atoms with Crippen molar-refractivity contribution < 1.29 is 5.11 Å². The first-order valence-corrected chi connectivity index (χ1v) is 5.46. The molecule has 7 heteroatoms. The Hall–Kier alpha value is -1.73. The lowest BCUT2D eigenvalue weighted by Gasteiger charge is -2.02. The van der Waals surface area contributed by atoms with Gasteiger partial charge in [0.05, 0.1) is 18.0 Å². The van der Waals surface area contributed by atoms with Gasteiger partial charge in [-0.15, -0.1) is 11.3 Å². The van der Waals surface area contributed by atoms with E-state index in [-0.39, 0.29) is 18.8 Å². The molecule has 2 aromatic heterocycles. The van der Waals surface area contributed by atoms with Gasteiger partial charge in [0, 0.05) is 0 Å². The van der Waals surface area contributed by atoms with E-state index in [4.69, 9.17) is 5.11 Å². The summed E-state index contributed by atoms with van der Waals surface area (Å²) in [6, 6.07) is 3.54. The van der Waals surface area contributed by atoms with Crippen molar-refractivity contribution in [2.75, 3.05) is 6.61 Å². The Morgan fingerprint density at radius 1 is 1.50 bits per heavy atom. The van der Waals surface area contributed by atoms with E-state index in [0.717, 1.165) is 4.68 Å². The third-order valence-electron chi connectivity index (χ3n) is 1.96. The molecule has 16 heavy (non-hydrogen) atoms. The van der Waals surface area contributed by atoms with Crippen molar-refractivity contribution in [2.24, 2.45) is 0 Å². The Kier molecular flexibility index (Phi) is 2.97. The molecule has 0 saturated carbocycles. The van der Waals surface area contributed by atoms with E-state index in [1.807, 2.05) is 5.38 Å². The number of aromatic nitrogens is 3. The number of nitrogens with one attached hydrogen (secondary N) is 1. The van der Waals surface area contributed by atoms with E-state index < -0.39 is 11.2 Å². The van der Waals surface area contributed by atoms with Crippen molar-refractivity contribution in [3.05, 3.63) is 38.4 Å². The highest BCUT2D eigenvalue weighted by atomic mass is 32.1. The van der Waals surface area contributed by atoms with E-state index >= 15 is 0 Å². The summed E-state index contributed by atoms with van der Waals surface area (Å²) >= 11 is 1.36. The smallest absolute Gasteiger partial charge is 0.344 e. The van der Waals surface area contributed by atoms with Crippen LogP contribution >= 0.6 is 11.3 Å². The molecule has 6 nitrogen and oxygen atoms in total. The Balaban J connectivity index is 2.58.